The molecule has 0 saturated heterocycles. The van der Waals surface area contributed by atoms with E-state index in [0.717, 1.165) is 36.6 Å². The number of ether oxygens (including phenoxy) is 1. The fourth-order valence-corrected chi connectivity index (χ4v) is 3.13. The van der Waals surface area contributed by atoms with Gasteiger partial charge in [-0.15, -0.1) is 24.0 Å². The summed E-state index contributed by atoms with van der Waals surface area (Å²) in [6.45, 7) is 1.01. The minimum atomic E-state index is -4.34. The van der Waals surface area contributed by atoms with Crippen molar-refractivity contribution in [3.8, 4) is 5.75 Å². The molecular weight excluding hydrogens is 494 g/mol. The summed E-state index contributed by atoms with van der Waals surface area (Å²) in [4.78, 5) is 4.37. The molecule has 1 aliphatic carbocycles. The van der Waals surface area contributed by atoms with E-state index in [1.807, 2.05) is 24.3 Å². The Balaban J connectivity index is 0.00000300. The Hall–Kier alpha value is -1.97. The van der Waals surface area contributed by atoms with Crippen molar-refractivity contribution >= 4 is 29.9 Å². The molecule has 0 aliphatic heterocycles. The van der Waals surface area contributed by atoms with Crippen LogP contribution in [0.25, 0.3) is 0 Å². The third-order valence-corrected chi connectivity index (χ3v) is 5.09. The lowest BCUT2D eigenvalue weighted by Gasteiger charge is -2.16. The second-order valence-electron chi connectivity index (χ2n) is 7.09. The van der Waals surface area contributed by atoms with Crippen LogP contribution in [-0.4, -0.2) is 26.2 Å². The van der Waals surface area contributed by atoms with Crippen LogP contribution in [0.3, 0.4) is 0 Å². The van der Waals surface area contributed by atoms with E-state index in [1.54, 1.807) is 13.2 Å². The standard InChI is InChI=1S/C21H24F3N3O.HI/c1-28-18-7-5-15(6-8-18)9-12-26-19(25)27-14-20(10-11-20)16-3-2-4-17(13-16)21(22,23)24;/h2-8,13H,9-12,14H2,1H3,(H3,25,26,27);1H. The van der Waals surface area contributed by atoms with Gasteiger partial charge in [0.1, 0.15) is 5.75 Å². The van der Waals surface area contributed by atoms with Crippen LogP contribution in [0.5, 0.6) is 5.75 Å². The van der Waals surface area contributed by atoms with Gasteiger partial charge in [-0.25, -0.2) is 0 Å². The number of nitrogens with zero attached hydrogens (tertiary/aromatic N) is 1. The van der Waals surface area contributed by atoms with Gasteiger partial charge in [-0.05, 0) is 48.6 Å². The summed E-state index contributed by atoms with van der Waals surface area (Å²) in [6.07, 6.45) is -1.93. The molecule has 158 valence electrons. The molecule has 0 aromatic heterocycles. The number of guanidine groups is 1. The van der Waals surface area contributed by atoms with E-state index in [2.05, 4.69) is 10.3 Å². The molecule has 3 N–H and O–H groups in total. The van der Waals surface area contributed by atoms with Crippen LogP contribution >= 0.6 is 24.0 Å². The van der Waals surface area contributed by atoms with Crippen molar-refractivity contribution in [3.63, 3.8) is 0 Å². The van der Waals surface area contributed by atoms with Crippen LogP contribution < -0.4 is 15.8 Å². The maximum Gasteiger partial charge on any atom is 0.416 e. The number of halogens is 4. The Morgan fingerprint density at radius 3 is 2.45 bits per heavy atom. The van der Waals surface area contributed by atoms with Gasteiger partial charge in [0.2, 0.25) is 0 Å². The SMILES string of the molecule is COc1ccc(CCNC(N)=NCC2(c3cccc(C(F)(F)F)c3)CC2)cc1.I. The fraction of sp³-hybridized carbons (Fsp3) is 0.381. The number of alkyl halides is 3. The minimum Gasteiger partial charge on any atom is -0.497 e. The Kier molecular flexibility index (Phi) is 7.79. The van der Waals surface area contributed by atoms with E-state index in [4.69, 9.17) is 10.5 Å². The molecule has 0 radical (unpaired) electrons. The molecular formula is C21H25F3IN3O. The number of benzene rings is 2. The largest absolute Gasteiger partial charge is 0.497 e. The third kappa shape index (κ3) is 6.25. The first-order valence-electron chi connectivity index (χ1n) is 9.17. The van der Waals surface area contributed by atoms with E-state index in [9.17, 15) is 13.2 Å². The summed E-state index contributed by atoms with van der Waals surface area (Å²) in [5.74, 6) is 1.12. The van der Waals surface area contributed by atoms with Gasteiger partial charge < -0.3 is 15.8 Å². The van der Waals surface area contributed by atoms with Crippen LogP contribution in [0.4, 0.5) is 13.2 Å². The molecule has 0 unspecified atom stereocenters. The summed E-state index contributed by atoms with van der Waals surface area (Å²) in [6, 6.07) is 13.3. The lowest BCUT2D eigenvalue weighted by molar-refractivity contribution is -0.137. The first-order valence-corrected chi connectivity index (χ1v) is 9.17. The normalized spacial score (nSPS) is 15.4. The zero-order valence-electron chi connectivity index (χ0n) is 16.1. The smallest absolute Gasteiger partial charge is 0.416 e. The maximum atomic E-state index is 12.9. The zero-order chi connectivity index (χ0) is 20.2. The van der Waals surface area contributed by atoms with Crippen LogP contribution in [-0.2, 0) is 18.0 Å². The van der Waals surface area contributed by atoms with Crippen molar-refractivity contribution < 1.29 is 17.9 Å². The average molecular weight is 519 g/mol. The molecule has 0 bridgehead atoms. The monoisotopic (exact) mass is 519 g/mol. The summed E-state index contributed by atoms with van der Waals surface area (Å²) in [7, 11) is 1.62. The van der Waals surface area contributed by atoms with E-state index < -0.39 is 11.7 Å². The fourth-order valence-electron chi connectivity index (χ4n) is 3.13. The van der Waals surface area contributed by atoms with Crippen molar-refractivity contribution in [3.05, 3.63) is 65.2 Å². The highest BCUT2D eigenvalue weighted by molar-refractivity contribution is 14.0. The van der Waals surface area contributed by atoms with Crippen LogP contribution in [0.1, 0.15) is 29.5 Å². The highest BCUT2D eigenvalue weighted by Gasteiger charge is 2.45. The first kappa shape index (κ1) is 23.3. The lowest BCUT2D eigenvalue weighted by Crippen LogP contribution is -2.34. The van der Waals surface area contributed by atoms with Crippen molar-refractivity contribution in [2.24, 2.45) is 10.7 Å². The van der Waals surface area contributed by atoms with Gasteiger partial charge in [0.05, 0.1) is 19.2 Å². The molecule has 0 atom stereocenters. The van der Waals surface area contributed by atoms with Gasteiger partial charge in [-0.2, -0.15) is 13.2 Å². The van der Waals surface area contributed by atoms with Gasteiger partial charge in [0.15, 0.2) is 5.96 Å². The summed E-state index contributed by atoms with van der Waals surface area (Å²) < 4.78 is 44.0. The molecule has 0 spiro atoms. The molecule has 8 heteroatoms. The van der Waals surface area contributed by atoms with E-state index in [-0.39, 0.29) is 29.4 Å². The predicted octanol–water partition coefficient (Wildman–Crippen LogP) is 4.51. The molecule has 2 aromatic carbocycles. The molecule has 0 amide bonds. The van der Waals surface area contributed by atoms with Gasteiger partial charge in [-0.1, -0.05) is 30.3 Å². The number of hydrogen-bond donors (Lipinski definition) is 2. The number of aliphatic imine (C=N–C) groups is 1. The molecule has 4 nitrogen and oxygen atoms in total. The highest BCUT2D eigenvalue weighted by atomic mass is 127. The molecule has 0 heterocycles. The van der Waals surface area contributed by atoms with Crippen LogP contribution in [0.2, 0.25) is 0 Å². The predicted molar refractivity (Wildman–Crippen MR) is 119 cm³/mol. The second-order valence-corrected chi connectivity index (χ2v) is 7.09. The van der Waals surface area contributed by atoms with Crippen molar-refractivity contribution in [1.82, 2.24) is 5.32 Å². The quantitative estimate of drug-likeness (QED) is 0.322. The second kappa shape index (κ2) is 9.69. The van der Waals surface area contributed by atoms with Gasteiger partial charge in [0, 0.05) is 12.0 Å². The van der Waals surface area contributed by atoms with Crippen LogP contribution in [0.15, 0.2) is 53.5 Å². The number of methoxy groups -OCH3 is 1. The molecule has 29 heavy (non-hydrogen) atoms. The van der Waals surface area contributed by atoms with Gasteiger partial charge in [0.25, 0.3) is 0 Å². The number of rotatable bonds is 7. The zero-order valence-corrected chi connectivity index (χ0v) is 18.5. The lowest BCUT2D eigenvalue weighted by atomic mass is 9.94. The van der Waals surface area contributed by atoms with E-state index in [1.165, 1.54) is 12.1 Å². The summed E-state index contributed by atoms with van der Waals surface area (Å²) >= 11 is 0. The van der Waals surface area contributed by atoms with Gasteiger partial charge >= 0.3 is 6.18 Å². The van der Waals surface area contributed by atoms with Gasteiger partial charge in [-0.3, -0.25) is 4.99 Å². The third-order valence-electron chi connectivity index (χ3n) is 5.09. The summed E-state index contributed by atoms with van der Waals surface area (Å²) in [5, 5.41) is 3.06. The number of nitrogens with two attached hydrogens (primary N) is 1. The van der Waals surface area contributed by atoms with Crippen molar-refractivity contribution in [2.45, 2.75) is 30.9 Å². The first-order chi connectivity index (χ1) is 13.3. The van der Waals surface area contributed by atoms with E-state index in [0.29, 0.717) is 24.6 Å². The molecule has 3 rings (SSSR count). The minimum absolute atomic E-state index is 0. The van der Waals surface area contributed by atoms with E-state index >= 15 is 0 Å². The van der Waals surface area contributed by atoms with Crippen molar-refractivity contribution in [1.29, 1.82) is 0 Å². The average Bonchev–Trinajstić information content (AvgIpc) is 3.48. The van der Waals surface area contributed by atoms with Crippen molar-refractivity contribution in [2.75, 3.05) is 20.2 Å². The Bertz CT molecular complexity index is 834. The van der Waals surface area contributed by atoms with Crippen LogP contribution in [0, 0.1) is 0 Å². The Morgan fingerprint density at radius 1 is 1.17 bits per heavy atom. The number of nitrogens with one attached hydrogen (secondary N) is 1. The maximum absolute atomic E-state index is 12.9. The molecule has 1 aliphatic rings. The number of hydrogen-bond acceptors (Lipinski definition) is 2. The summed E-state index contributed by atoms with van der Waals surface area (Å²) in [5.41, 5.74) is 6.81. The topological polar surface area (TPSA) is 59.6 Å². The molecule has 2 aromatic rings. The Morgan fingerprint density at radius 2 is 1.86 bits per heavy atom. The molecule has 1 saturated carbocycles. The molecule has 1 fully saturated rings. The highest BCUT2D eigenvalue weighted by Crippen LogP contribution is 2.49. The Labute approximate surface area is 185 Å².